The largest absolute Gasteiger partial charge is 0.463 e. The molecule has 98 valence electrons. The smallest absolute Gasteiger partial charge is 0.330 e. The third kappa shape index (κ3) is 6.76. The molecule has 1 atom stereocenters. The van der Waals surface area contributed by atoms with Gasteiger partial charge in [0, 0.05) is 12.5 Å². The molecule has 0 aromatic carbocycles. The molecule has 0 unspecified atom stereocenters. The molecule has 0 saturated carbocycles. The van der Waals surface area contributed by atoms with E-state index in [9.17, 15) is 9.59 Å². The Morgan fingerprint density at radius 2 is 2.00 bits per heavy atom. The van der Waals surface area contributed by atoms with E-state index in [4.69, 9.17) is 9.47 Å². The average molecular weight is 242 g/mol. The second kappa shape index (κ2) is 7.09. The first kappa shape index (κ1) is 15.7. The fourth-order valence-corrected chi connectivity index (χ4v) is 1.27. The standard InChI is InChI=1S/C13H22O4/c1-6-11(14)17-13(5,7-2)9-8-12(15)16-10(3)4/h6,10H,1,7-9H2,2-5H3/t13-/m1/s1. The van der Waals surface area contributed by atoms with Crippen molar-refractivity contribution in [1.82, 2.24) is 0 Å². The lowest BCUT2D eigenvalue weighted by Gasteiger charge is -2.27. The molecule has 0 saturated heterocycles. The monoisotopic (exact) mass is 242 g/mol. The van der Waals surface area contributed by atoms with Gasteiger partial charge in [-0.05, 0) is 33.6 Å². The van der Waals surface area contributed by atoms with E-state index in [1.807, 2.05) is 6.92 Å². The summed E-state index contributed by atoms with van der Waals surface area (Å²) in [7, 11) is 0. The maximum absolute atomic E-state index is 11.4. The van der Waals surface area contributed by atoms with E-state index >= 15 is 0 Å². The van der Waals surface area contributed by atoms with Crippen molar-refractivity contribution < 1.29 is 19.1 Å². The van der Waals surface area contributed by atoms with Gasteiger partial charge in [0.15, 0.2) is 0 Å². The summed E-state index contributed by atoms with van der Waals surface area (Å²) in [5.74, 6) is -0.735. The van der Waals surface area contributed by atoms with Crippen LogP contribution in [-0.4, -0.2) is 23.6 Å². The Bertz CT molecular complexity index is 283. The highest BCUT2D eigenvalue weighted by molar-refractivity contribution is 5.81. The van der Waals surface area contributed by atoms with Crippen LogP contribution in [0.2, 0.25) is 0 Å². The molecule has 0 radical (unpaired) electrons. The van der Waals surface area contributed by atoms with Crippen LogP contribution in [0, 0.1) is 0 Å². The zero-order chi connectivity index (χ0) is 13.5. The van der Waals surface area contributed by atoms with Gasteiger partial charge in [-0.3, -0.25) is 4.79 Å². The molecule has 4 heteroatoms. The van der Waals surface area contributed by atoms with Crippen LogP contribution in [0.3, 0.4) is 0 Å². The first-order chi connectivity index (χ1) is 7.83. The van der Waals surface area contributed by atoms with Crippen LogP contribution < -0.4 is 0 Å². The van der Waals surface area contributed by atoms with Crippen molar-refractivity contribution in [3.8, 4) is 0 Å². The van der Waals surface area contributed by atoms with E-state index in [1.165, 1.54) is 0 Å². The summed E-state index contributed by atoms with van der Waals surface area (Å²) in [5.41, 5.74) is -0.638. The van der Waals surface area contributed by atoms with Gasteiger partial charge in [0.1, 0.15) is 5.60 Å². The van der Waals surface area contributed by atoms with E-state index in [0.29, 0.717) is 12.8 Å². The van der Waals surface area contributed by atoms with Gasteiger partial charge in [0.2, 0.25) is 0 Å². The van der Waals surface area contributed by atoms with Crippen LogP contribution in [0.15, 0.2) is 12.7 Å². The number of carbonyl (C=O) groups is 2. The van der Waals surface area contributed by atoms with Crippen molar-refractivity contribution in [3.05, 3.63) is 12.7 Å². The van der Waals surface area contributed by atoms with Crippen LogP contribution in [0.5, 0.6) is 0 Å². The lowest BCUT2D eigenvalue weighted by molar-refractivity contribution is -0.157. The summed E-state index contributed by atoms with van der Waals surface area (Å²) in [4.78, 5) is 22.5. The van der Waals surface area contributed by atoms with Crippen molar-refractivity contribution in [2.24, 2.45) is 0 Å². The molecule has 0 aliphatic rings. The Labute approximate surface area is 103 Å². The van der Waals surface area contributed by atoms with Gasteiger partial charge in [-0.2, -0.15) is 0 Å². The molecule has 0 aliphatic heterocycles. The normalized spacial score (nSPS) is 13.9. The molecular formula is C13H22O4. The number of rotatable bonds is 7. The van der Waals surface area contributed by atoms with Gasteiger partial charge in [0.25, 0.3) is 0 Å². The van der Waals surface area contributed by atoms with Crippen LogP contribution in [0.25, 0.3) is 0 Å². The minimum absolute atomic E-state index is 0.119. The number of esters is 2. The van der Waals surface area contributed by atoms with Crippen molar-refractivity contribution in [2.75, 3.05) is 0 Å². The van der Waals surface area contributed by atoms with Crippen LogP contribution in [-0.2, 0) is 19.1 Å². The summed E-state index contributed by atoms with van der Waals surface area (Å²) < 4.78 is 10.2. The molecule has 0 amide bonds. The SMILES string of the molecule is C=CC(=O)O[C@](C)(CC)CCC(=O)OC(C)C. The van der Waals surface area contributed by atoms with Crippen molar-refractivity contribution >= 4 is 11.9 Å². The minimum atomic E-state index is -0.638. The molecule has 0 rings (SSSR count). The molecule has 0 aromatic rings. The van der Waals surface area contributed by atoms with E-state index in [-0.39, 0.29) is 18.5 Å². The average Bonchev–Trinajstić information content (AvgIpc) is 2.25. The predicted octanol–water partition coefficient (Wildman–Crippen LogP) is 2.62. The molecule has 0 aromatic heterocycles. The summed E-state index contributed by atoms with van der Waals surface area (Å²) >= 11 is 0. The minimum Gasteiger partial charge on any atom is -0.463 e. The highest BCUT2D eigenvalue weighted by Gasteiger charge is 2.27. The highest BCUT2D eigenvalue weighted by Crippen LogP contribution is 2.22. The summed E-state index contributed by atoms with van der Waals surface area (Å²) in [5, 5.41) is 0. The van der Waals surface area contributed by atoms with Gasteiger partial charge in [0.05, 0.1) is 6.10 Å². The first-order valence-electron chi connectivity index (χ1n) is 5.88. The molecule has 0 spiro atoms. The number of hydrogen-bond donors (Lipinski definition) is 0. The van der Waals surface area contributed by atoms with E-state index in [1.54, 1.807) is 20.8 Å². The third-order valence-corrected chi connectivity index (χ3v) is 2.49. The topological polar surface area (TPSA) is 52.6 Å². The van der Waals surface area contributed by atoms with Crippen molar-refractivity contribution in [3.63, 3.8) is 0 Å². The second-order valence-electron chi connectivity index (χ2n) is 4.47. The van der Waals surface area contributed by atoms with Crippen molar-refractivity contribution in [1.29, 1.82) is 0 Å². The maximum Gasteiger partial charge on any atom is 0.330 e. The maximum atomic E-state index is 11.4. The third-order valence-electron chi connectivity index (χ3n) is 2.49. The van der Waals surface area contributed by atoms with Gasteiger partial charge in [-0.25, -0.2) is 4.79 Å². The molecular weight excluding hydrogens is 220 g/mol. The van der Waals surface area contributed by atoms with E-state index in [2.05, 4.69) is 6.58 Å². The number of hydrogen-bond acceptors (Lipinski definition) is 4. The van der Waals surface area contributed by atoms with Crippen molar-refractivity contribution in [2.45, 2.75) is 58.7 Å². The van der Waals surface area contributed by atoms with Crippen LogP contribution >= 0.6 is 0 Å². The number of carbonyl (C=O) groups excluding carboxylic acids is 2. The second-order valence-corrected chi connectivity index (χ2v) is 4.47. The van der Waals surface area contributed by atoms with Crippen LogP contribution in [0.4, 0.5) is 0 Å². The fourth-order valence-electron chi connectivity index (χ4n) is 1.27. The molecule has 0 fully saturated rings. The van der Waals surface area contributed by atoms with E-state index in [0.717, 1.165) is 6.08 Å². The Hall–Kier alpha value is -1.32. The predicted molar refractivity (Wildman–Crippen MR) is 65.4 cm³/mol. The molecule has 17 heavy (non-hydrogen) atoms. The first-order valence-corrected chi connectivity index (χ1v) is 5.88. The Balaban J connectivity index is 4.24. The van der Waals surface area contributed by atoms with E-state index < -0.39 is 11.6 Å². The number of ether oxygens (including phenoxy) is 2. The van der Waals surface area contributed by atoms with Crippen LogP contribution in [0.1, 0.15) is 47.0 Å². The molecule has 4 nitrogen and oxygen atoms in total. The van der Waals surface area contributed by atoms with Gasteiger partial charge in [-0.1, -0.05) is 13.5 Å². The summed E-state index contributed by atoms with van der Waals surface area (Å²) in [6.45, 7) is 10.7. The Kier molecular flexibility index (Phi) is 6.54. The summed E-state index contributed by atoms with van der Waals surface area (Å²) in [6, 6.07) is 0. The molecule has 0 bridgehead atoms. The Morgan fingerprint density at radius 1 is 1.41 bits per heavy atom. The lowest BCUT2D eigenvalue weighted by Crippen LogP contribution is -2.31. The molecule has 0 heterocycles. The zero-order valence-corrected chi connectivity index (χ0v) is 11.1. The lowest BCUT2D eigenvalue weighted by atomic mass is 9.97. The quantitative estimate of drug-likeness (QED) is 0.508. The Morgan fingerprint density at radius 3 is 2.41 bits per heavy atom. The van der Waals surface area contributed by atoms with Gasteiger partial charge in [-0.15, -0.1) is 0 Å². The zero-order valence-electron chi connectivity index (χ0n) is 11.1. The molecule has 0 N–H and O–H groups in total. The fraction of sp³-hybridized carbons (Fsp3) is 0.692. The van der Waals surface area contributed by atoms with Gasteiger partial charge < -0.3 is 9.47 Å². The summed E-state index contributed by atoms with van der Waals surface area (Å²) in [6.07, 6.45) is 2.34. The molecule has 0 aliphatic carbocycles. The highest BCUT2D eigenvalue weighted by atomic mass is 16.6. The van der Waals surface area contributed by atoms with Gasteiger partial charge >= 0.3 is 11.9 Å².